The fourth-order valence-electron chi connectivity index (χ4n) is 3.11. The first-order chi connectivity index (χ1) is 11.6. The Labute approximate surface area is 135 Å². The van der Waals surface area contributed by atoms with E-state index in [9.17, 15) is 9.59 Å². The molecule has 0 saturated heterocycles. The van der Waals surface area contributed by atoms with Crippen molar-refractivity contribution in [3.8, 4) is 17.5 Å². The first kappa shape index (κ1) is 14.3. The lowest BCUT2D eigenvalue weighted by Gasteiger charge is -2.25. The van der Waals surface area contributed by atoms with Crippen LogP contribution >= 0.6 is 0 Å². The van der Waals surface area contributed by atoms with Gasteiger partial charge in [-0.3, -0.25) is 19.9 Å². The molecule has 1 aromatic carbocycles. The van der Waals surface area contributed by atoms with E-state index in [0.717, 1.165) is 16.8 Å². The number of nitrogens with one attached hydrogen (secondary N) is 3. The van der Waals surface area contributed by atoms with Gasteiger partial charge < -0.3 is 9.47 Å². The van der Waals surface area contributed by atoms with Crippen molar-refractivity contribution < 1.29 is 9.47 Å². The minimum Gasteiger partial charge on any atom is -0.496 e. The maximum Gasteiger partial charge on any atom is 0.328 e. The molecule has 122 valence electrons. The molecule has 2 aromatic heterocycles. The Morgan fingerprint density at radius 1 is 1.17 bits per heavy atom. The van der Waals surface area contributed by atoms with E-state index >= 15 is 0 Å². The van der Waals surface area contributed by atoms with Gasteiger partial charge in [-0.25, -0.2) is 4.79 Å². The molecule has 8 nitrogen and oxygen atoms in total. The second-order valence-electron chi connectivity index (χ2n) is 5.50. The lowest BCUT2D eigenvalue weighted by Crippen LogP contribution is -2.30. The van der Waals surface area contributed by atoms with E-state index in [4.69, 9.17) is 9.47 Å². The lowest BCUT2D eigenvalue weighted by atomic mass is 9.84. The summed E-state index contributed by atoms with van der Waals surface area (Å²) in [5.41, 5.74) is 1.48. The van der Waals surface area contributed by atoms with Crippen LogP contribution in [0.1, 0.15) is 28.3 Å². The summed E-state index contributed by atoms with van der Waals surface area (Å²) in [6, 6.07) is 7.41. The number of H-pyrrole nitrogens is 3. The van der Waals surface area contributed by atoms with Gasteiger partial charge in [0.05, 0.1) is 18.6 Å². The van der Waals surface area contributed by atoms with Gasteiger partial charge in [-0.15, -0.1) is 5.10 Å². The van der Waals surface area contributed by atoms with E-state index in [0.29, 0.717) is 17.2 Å². The Morgan fingerprint density at radius 3 is 2.75 bits per heavy atom. The average molecular weight is 326 g/mol. The quantitative estimate of drug-likeness (QED) is 0.515. The molecule has 3 N–H and O–H groups in total. The Bertz CT molecular complexity index is 1050. The Kier molecular flexibility index (Phi) is 3.05. The maximum atomic E-state index is 12.5. The van der Waals surface area contributed by atoms with Crippen LogP contribution in [0, 0.1) is 6.92 Å². The first-order valence-corrected chi connectivity index (χ1v) is 7.32. The minimum atomic E-state index is -0.631. The standard InChI is InChI=1S/C16H14N4O4/c1-7-10-11(8-5-3-4-6-9(8)23-2)12-13(21)17-16(22)18-14(12)24-15(10)20-19-7/h3-6,11H,1-2H3,(H,19,20)(H2,17,18,21,22). The van der Waals surface area contributed by atoms with E-state index in [2.05, 4.69) is 20.2 Å². The summed E-state index contributed by atoms with van der Waals surface area (Å²) in [6.07, 6.45) is 0. The van der Waals surface area contributed by atoms with Crippen molar-refractivity contribution in [3.05, 3.63) is 67.5 Å². The molecule has 0 spiro atoms. The zero-order chi connectivity index (χ0) is 16.8. The summed E-state index contributed by atoms with van der Waals surface area (Å²) in [6.45, 7) is 1.85. The van der Waals surface area contributed by atoms with Gasteiger partial charge in [-0.1, -0.05) is 18.2 Å². The van der Waals surface area contributed by atoms with Gasteiger partial charge in [0.25, 0.3) is 5.56 Å². The van der Waals surface area contributed by atoms with E-state index in [-0.39, 0.29) is 5.88 Å². The number of aromatic amines is 3. The summed E-state index contributed by atoms with van der Waals surface area (Å²) in [5.74, 6) is 0.586. The highest BCUT2D eigenvalue weighted by molar-refractivity contribution is 5.57. The van der Waals surface area contributed by atoms with E-state index in [1.54, 1.807) is 7.11 Å². The third-order valence-electron chi connectivity index (χ3n) is 4.13. The van der Waals surface area contributed by atoms with Crippen LogP contribution in [0.2, 0.25) is 0 Å². The number of aryl methyl sites for hydroxylation is 1. The molecule has 0 amide bonds. The molecule has 0 fully saturated rings. The number of aromatic nitrogens is 4. The van der Waals surface area contributed by atoms with Gasteiger partial charge in [-0.2, -0.15) is 0 Å². The third kappa shape index (κ3) is 1.96. The molecule has 0 bridgehead atoms. The normalized spacial score (nSPS) is 15.3. The Hall–Kier alpha value is -3.29. The number of hydrogen-bond donors (Lipinski definition) is 3. The van der Waals surface area contributed by atoms with Crippen LogP contribution in [0.25, 0.3) is 0 Å². The van der Waals surface area contributed by atoms with Gasteiger partial charge in [0, 0.05) is 16.8 Å². The Balaban J connectivity index is 2.08. The van der Waals surface area contributed by atoms with Gasteiger partial charge >= 0.3 is 5.69 Å². The molecule has 0 aliphatic carbocycles. The highest BCUT2D eigenvalue weighted by atomic mass is 16.5. The second-order valence-corrected chi connectivity index (χ2v) is 5.50. The van der Waals surface area contributed by atoms with Gasteiger partial charge in [0.2, 0.25) is 11.8 Å². The molecule has 1 aliphatic rings. The van der Waals surface area contributed by atoms with E-state index < -0.39 is 17.2 Å². The van der Waals surface area contributed by atoms with Crippen molar-refractivity contribution in [1.82, 2.24) is 20.2 Å². The molecule has 24 heavy (non-hydrogen) atoms. The molecule has 8 heteroatoms. The van der Waals surface area contributed by atoms with Crippen molar-refractivity contribution in [2.45, 2.75) is 12.8 Å². The predicted molar refractivity (Wildman–Crippen MR) is 85.0 cm³/mol. The Morgan fingerprint density at radius 2 is 1.96 bits per heavy atom. The predicted octanol–water partition coefficient (Wildman–Crippen LogP) is 1.39. The monoisotopic (exact) mass is 326 g/mol. The zero-order valence-electron chi connectivity index (χ0n) is 13.0. The van der Waals surface area contributed by atoms with Gasteiger partial charge in [0.15, 0.2) is 0 Å². The van der Waals surface area contributed by atoms with Gasteiger partial charge in [-0.05, 0) is 13.0 Å². The average Bonchev–Trinajstić information content (AvgIpc) is 2.93. The maximum absolute atomic E-state index is 12.5. The van der Waals surface area contributed by atoms with Crippen LogP contribution in [-0.4, -0.2) is 27.3 Å². The number of methoxy groups -OCH3 is 1. The largest absolute Gasteiger partial charge is 0.496 e. The highest BCUT2D eigenvalue weighted by Crippen LogP contribution is 2.47. The second kappa shape index (κ2) is 5.12. The van der Waals surface area contributed by atoms with Crippen molar-refractivity contribution >= 4 is 0 Å². The van der Waals surface area contributed by atoms with Crippen molar-refractivity contribution in [2.24, 2.45) is 0 Å². The summed E-state index contributed by atoms with van der Waals surface area (Å²) < 4.78 is 11.1. The van der Waals surface area contributed by atoms with Crippen LogP contribution in [0.5, 0.6) is 17.5 Å². The molecule has 3 heterocycles. The number of nitrogens with zero attached hydrogens (tertiary/aromatic N) is 1. The lowest BCUT2D eigenvalue weighted by molar-refractivity contribution is 0.397. The van der Waals surface area contributed by atoms with Crippen LogP contribution < -0.4 is 20.7 Å². The minimum absolute atomic E-state index is 0.0960. The molecule has 1 unspecified atom stereocenters. The van der Waals surface area contributed by atoms with Gasteiger partial charge in [0.1, 0.15) is 5.75 Å². The number of benzene rings is 1. The fraction of sp³-hybridized carbons (Fsp3) is 0.188. The number of rotatable bonds is 2. The smallest absolute Gasteiger partial charge is 0.328 e. The molecular weight excluding hydrogens is 312 g/mol. The van der Waals surface area contributed by atoms with Crippen molar-refractivity contribution in [1.29, 1.82) is 0 Å². The molecule has 1 atom stereocenters. The topological polar surface area (TPSA) is 113 Å². The SMILES string of the molecule is COc1ccccc1C1c2c(n[nH]c2C)Oc2[nH]c(=O)[nH]c(=O)c21. The van der Waals surface area contributed by atoms with Crippen LogP contribution in [0.3, 0.4) is 0 Å². The molecule has 3 aromatic rings. The van der Waals surface area contributed by atoms with Crippen LogP contribution in [0.15, 0.2) is 33.9 Å². The third-order valence-corrected chi connectivity index (χ3v) is 4.13. The molecule has 0 saturated carbocycles. The number of para-hydroxylation sites is 1. The molecular formula is C16H14N4O4. The van der Waals surface area contributed by atoms with Crippen LogP contribution in [0.4, 0.5) is 0 Å². The summed E-state index contributed by atoms with van der Waals surface area (Å²) in [5, 5.41) is 6.99. The molecule has 1 aliphatic heterocycles. The van der Waals surface area contributed by atoms with Crippen molar-refractivity contribution in [3.63, 3.8) is 0 Å². The van der Waals surface area contributed by atoms with E-state index in [1.807, 2.05) is 31.2 Å². The van der Waals surface area contributed by atoms with Crippen LogP contribution in [-0.2, 0) is 0 Å². The number of fused-ring (bicyclic) bond motifs is 2. The first-order valence-electron chi connectivity index (χ1n) is 7.32. The summed E-state index contributed by atoms with van der Waals surface area (Å²) in [4.78, 5) is 28.9. The highest BCUT2D eigenvalue weighted by Gasteiger charge is 2.37. The molecule has 0 radical (unpaired) electrons. The van der Waals surface area contributed by atoms with E-state index in [1.165, 1.54) is 0 Å². The van der Waals surface area contributed by atoms with Crippen molar-refractivity contribution in [2.75, 3.05) is 7.11 Å². The summed E-state index contributed by atoms with van der Waals surface area (Å²) in [7, 11) is 1.57. The number of hydrogen-bond acceptors (Lipinski definition) is 5. The number of ether oxygens (including phenoxy) is 2. The summed E-state index contributed by atoms with van der Waals surface area (Å²) >= 11 is 0. The molecule has 4 rings (SSSR count). The zero-order valence-corrected chi connectivity index (χ0v) is 13.0. The fourth-order valence-corrected chi connectivity index (χ4v) is 3.11.